The smallest absolute Gasteiger partial charge is 0.185 e. The normalized spacial score (nSPS) is 14.4. The van der Waals surface area contributed by atoms with Crippen LogP contribution in [0.4, 0.5) is 0 Å². The fourth-order valence-corrected chi connectivity index (χ4v) is 2.01. The van der Waals surface area contributed by atoms with Crippen LogP contribution in [0.25, 0.3) is 0 Å². The van der Waals surface area contributed by atoms with Crippen molar-refractivity contribution < 1.29 is 20.1 Å². The average molecular weight is 256 g/mol. The Morgan fingerprint density at radius 3 is 2.65 bits per heavy atom. The molecule has 0 aliphatic heterocycles. The molecule has 1 aromatic rings. The molecule has 0 saturated carbocycles. The summed E-state index contributed by atoms with van der Waals surface area (Å²) >= 11 is 0.942. The van der Waals surface area contributed by atoms with Gasteiger partial charge in [-0.3, -0.25) is 4.79 Å². The molecule has 2 unspecified atom stereocenters. The zero-order valence-electron chi connectivity index (χ0n) is 9.75. The Bertz CT molecular complexity index is 405. The quantitative estimate of drug-likeness (QED) is 0.758. The Morgan fingerprint density at radius 2 is 2.06 bits per heavy atom. The number of benzene rings is 1. The third kappa shape index (κ3) is 3.73. The van der Waals surface area contributed by atoms with Gasteiger partial charge in [0.25, 0.3) is 0 Å². The third-order valence-electron chi connectivity index (χ3n) is 2.41. The maximum absolute atomic E-state index is 10.7. The van der Waals surface area contributed by atoms with Gasteiger partial charge in [0.1, 0.15) is 11.9 Å². The van der Waals surface area contributed by atoms with Gasteiger partial charge >= 0.3 is 0 Å². The molecule has 0 aliphatic carbocycles. The van der Waals surface area contributed by atoms with Crippen molar-refractivity contribution in [2.45, 2.75) is 26.1 Å². The topological polar surface area (TPSA) is 77.8 Å². The van der Waals surface area contributed by atoms with E-state index in [1.807, 2.05) is 0 Å². The lowest BCUT2D eigenvalue weighted by Gasteiger charge is -2.19. The van der Waals surface area contributed by atoms with Crippen molar-refractivity contribution in [2.24, 2.45) is 0 Å². The van der Waals surface area contributed by atoms with Gasteiger partial charge in [-0.1, -0.05) is 30.0 Å². The molecule has 1 rings (SSSR count). The van der Waals surface area contributed by atoms with E-state index in [9.17, 15) is 20.1 Å². The number of aryl methyl sites for hydroxylation is 1. The second kappa shape index (κ2) is 6.05. The number of aliphatic hydroxyl groups excluding tert-OH is 2. The maximum atomic E-state index is 10.7. The van der Waals surface area contributed by atoms with Gasteiger partial charge in [-0.15, -0.1) is 0 Å². The standard InChI is InChI=1S/C12H16O4S/c1-7-4-3-5-9(11(7)15)12(16)10(14)6-17-8(2)13/h3-5,10,12,14-16H,6H2,1-2H3. The Morgan fingerprint density at radius 1 is 1.41 bits per heavy atom. The minimum atomic E-state index is -1.19. The number of carbonyl (C=O) groups excluding carboxylic acids is 1. The van der Waals surface area contributed by atoms with Crippen molar-refractivity contribution in [3.8, 4) is 5.75 Å². The highest BCUT2D eigenvalue weighted by Gasteiger charge is 2.22. The molecule has 0 saturated heterocycles. The van der Waals surface area contributed by atoms with E-state index in [-0.39, 0.29) is 22.2 Å². The number of aliphatic hydroxyl groups is 2. The molecule has 17 heavy (non-hydrogen) atoms. The van der Waals surface area contributed by atoms with E-state index in [1.54, 1.807) is 25.1 Å². The molecule has 94 valence electrons. The maximum Gasteiger partial charge on any atom is 0.185 e. The van der Waals surface area contributed by atoms with E-state index in [4.69, 9.17) is 0 Å². The first-order valence-corrected chi connectivity index (χ1v) is 6.20. The molecule has 2 atom stereocenters. The molecular formula is C12H16O4S. The van der Waals surface area contributed by atoms with Crippen LogP contribution >= 0.6 is 11.8 Å². The van der Waals surface area contributed by atoms with Gasteiger partial charge in [-0.25, -0.2) is 0 Å². The zero-order chi connectivity index (χ0) is 13.0. The number of hydrogen-bond acceptors (Lipinski definition) is 5. The van der Waals surface area contributed by atoms with Gasteiger partial charge in [0.05, 0.1) is 6.10 Å². The van der Waals surface area contributed by atoms with E-state index in [0.29, 0.717) is 5.56 Å². The number of rotatable bonds is 4. The van der Waals surface area contributed by atoms with E-state index >= 15 is 0 Å². The van der Waals surface area contributed by atoms with Crippen molar-refractivity contribution in [1.29, 1.82) is 0 Å². The zero-order valence-corrected chi connectivity index (χ0v) is 10.6. The summed E-state index contributed by atoms with van der Waals surface area (Å²) in [6, 6.07) is 4.95. The van der Waals surface area contributed by atoms with Gasteiger partial charge in [0.2, 0.25) is 0 Å². The highest BCUT2D eigenvalue weighted by atomic mass is 32.2. The number of thioether (sulfide) groups is 1. The van der Waals surface area contributed by atoms with E-state index in [0.717, 1.165) is 11.8 Å². The molecule has 0 amide bonds. The first-order chi connectivity index (χ1) is 7.93. The summed E-state index contributed by atoms with van der Waals surface area (Å²) in [6.45, 7) is 3.11. The molecule has 5 heteroatoms. The number of carbonyl (C=O) groups is 1. The third-order valence-corrected chi connectivity index (χ3v) is 3.32. The number of phenols is 1. The molecule has 0 heterocycles. The molecule has 0 bridgehead atoms. The van der Waals surface area contributed by atoms with Crippen LogP contribution in [0.5, 0.6) is 5.75 Å². The average Bonchev–Trinajstić information content (AvgIpc) is 2.28. The number of para-hydroxylation sites is 1. The van der Waals surface area contributed by atoms with Crippen LogP contribution in [0, 0.1) is 6.92 Å². The predicted molar refractivity (Wildman–Crippen MR) is 66.9 cm³/mol. The second-order valence-corrected chi connectivity index (χ2v) is 5.02. The lowest BCUT2D eigenvalue weighted by atomic mass is 10.0. The van der Waals surface area contributed by atoms with Crippen molar-refractivity contribution in [1.82, 2.24) is 0 Å². The fraction of sp³-hybridized carbons (Fsp3) is 0.417. The van der Waals surface area contributed by atoms with Crippen molar-refractivity contribution in [3.63, 3.8) is 0 Å². The molecular weight excluding hydrogens is 240 g/mol. The summed E-state index contributed by atoms with van der Waals surface area (Å²) in [4.78, 5) is 10.7. The highest BCUT2D eigenvalue weighted by molar-refractivity contribution is 8.13. The summed E-state index contributed by atoms with van der Waals surface area (Å²) in [5.41, 5.74) is 0.912. The molecule has 0 aliphatic rings. The Labute approximate surface area is 104 Å². The Kier molecular flexibility index (Phi) is 4.99. The van der Waals surface area contributed by atoms with Crippen LogP contribution < -0.4 is 0 Å². The molecule has 0 aromatic heterocycles. The molecule has 0 radical (unpaired) electrons. The van der Waals surface area contributed by atoms with Crippen molar-refractivity contribution >= 4 is 16.9 Å². The fourth-order valence-electron chi connectivity index (χ4n) is 1.42. The minimum Gasteiger partial charge on any atom is -0.507 e. The first kappa shape index (κ1) is 14.0. The molecule has 3 N–H and O–H groups in total. The highest BCUT2D eigenvalue weighted by Crippen LogP contribution is 2.30. The largest absolute Gasteiger partial charge is 0.507 e. The Balaban J connectivity index is 2.77. The molecule has 4 nitrogen and oxygen atoms in total. The lowest BCUT2D eigenvalue weighted by molar-refractivity contribution is -0.109. The monoisotopic (exact) mass is 256 g/mol. The van der Waals surface area contributed by atoms with Crippen LogP contribution in [0.1, 0.15) is 24.2 Å². The SMILES string of the molecule is CC(=O)SCC(O)C(O)c1cccc(C)c1O. The van der Waals surface area contributed by atoms with Crippen LogP contribution in [0.15, 0.2) is 18.2 Å². The van der Waals surface area contributed by atoms with Gasteiger partial charge in [-0.05, 0) is 12.5 Å². The van der Waals surface area contributed by atoms with E-state index < -0.39 is 12.2 Å². The van der Waals surface area contributed by atoms with Crippen molar-refractivity contribution in [3.05, 3.63) is 29.3 Å². The van der Waals surface area contributed by atoms with Gasteiger partial charge in [-0.2, -0.15) is 0 Å². The molecule has 0 spiro atoms. The second-order valence-electron chi connectivity index (χ2n) is 3.83. The number of phenolic OH excluding ortho intramolecular Hbond substituents is 1. The summed E-state index contributed by atoms with van der Waals surface area (Å²) in [5, 5.41) is 29.2. The van der Waals surface area contributed by atoms with Gasteiger partial charge < -0.3 is 15.3 Å². The molecule has 0 fully saturated rings. The summed E-state index contributed by atoms with van der Waals surface area (Å²) in [5.74, 6) is 0.0797. The number of aromatic hydroxyl groups is 1. The van der Waals surface area contributed by atoms with Crippen molar-refractivity contribution in [2.75, 3.05) is 5.75 Å². The summed E-state index contributed by atoms with van der Waals surface area (Å²) in [7, 11) is 0. The van der Waals surface area contributed by atoms with Crippen LogP contribution in [-0.2, 0) is 4.79 Å². The minimum absolute atomic E-state index is 0.0214. The summed E-state index contributed by atoms with van der Waals surface area (Å²) in [6.07, 6.45) is -2.28. The first-order valence-electron chi connectivity index (χ1n) is 5.21. The molecule has 1 aromatic carbocycles. The van der Waals surface area contributed by atoms with Gasteiger partial charge in [0.15, 0.2) is 5.12 Å². The van der Waals surface area contributed by atoms with E-state index in [1.165, 1.54) is 6.92 Å². The Hall–Kier alpha value is -1.04. The number of hydrogen-bond donors (Lipinski definition) is 3. The summed E-state index contributed by atoms with van der Waals surface area (Å²) < 4.78 is 0. The van der Waals surface area contributed by atoms with Crippen LogP contribution in [-0.4, -0.2) is 32.3 Å². The van der Waals surface area contributed by atoms with Gasteiger partial charge in [0, 0.05) is 18.2 Å². The predicted octanol–water partition coefficient (Wildman–Crippen LogP) is 1.37. The van der Waals surface area contributed by atoms with Crippen LogP contribution in [0.2, 0.25) is 0 Å². The van der Waals surface area contributed by atoms with Crippen LogP contribution in [0.3, 0.4) is 0 Å². The lowest BCUT2D eigenvalue weighted by Crippen LogP contribution is -2.21. The van der Waals surface area contributed by atoms with E-state index in [2.05, 4.69) is 0 Å².